The number of rotatable bonds is 9. The third kappa shape index (κ3) is 8.68. The molecule has 0 aromatic heterocycles. The summed E-state index contributed by atoms with van der Waals surface area (Å²) in [4.78, 5) is 6.66. The number of nitrogens with one attached hydrogen (secondary N) is 2. The van der Waals surface area contributed by atoms with Crippen LogP contribution in [0.3, 0.4) is 0 Å². The van der Waals surface area contributed by atoms with Crippen molar-refractivity contribution in [2.45, 2.75) is 32.7 Å². The topological polar surface area (TPSA) is 86.3 Å². The number of morpholine rings is 1. The molecule has 0 aromatic rings. The predicted molar refractivity (Wildman–Crippen MR) is 118 cm³/mol. The number of ether oxygens (including phenoxy) is 1. The Morgan fingerprint density at radius 1 is 1.27 bits per heavy atom. The van der Waals surface area contributed by atoms with Gasteiger partial charge in [0.05, 0.1) is 19.0 Å². The smallest absolute Gasteiger partial charge is 0.213 e. The van der Waals surface area contributed by atoms with Gasteiger partial charge in [-0.1, -0.05) is 0 Å². The standard InChI is InChI=1S/C16H35N5O3S.HI/c1-6-25(22,23)20(5)9-7-8-18-15(17-4)19-14-16(2,3)21-10-12-24-13-11-21;/h6-14H2,1-5H3,(H2,17,18,19);1H. The molecule has 1 aliphatic heterocycles. The van der Waals surface area contributed by atoms with Crippen molar-refractivity contribution in [2.24, 2.45) is 4.99 Å². The van der Waals surface area contributed by atoms with E-state index in [1.54, 1.807) is 21.0 Å². The van der Waals surface area contributed by atoms with E-state index in [-0.39, 0.29) is 35.3 Å². The zero-order valence-corrected chi connectivity index (χ0v) is 19.9. The molecule has 0 aromatic carbocycles. The van der Waals surface area contributed by atoms with Gasteiger partial charge >= 0.3 is 0 Å². The molecule has 0 radical (unpaired) electrons. The average Bonchev–Trinajstić information content (AvgIpc) is 2.61. The molecule has 2 N–H and O–H groups in total. The minimum atomic E-state index is -3.10. The third-order valence-electron chi connectivity index (χ3n) is 4.56. The fourth-order valence-corrected chi connectivity index (χ4v) is 3.52. The zero-order chi connectivity index (χ0) is 18.9. The van der Waals surface area contributed by atoms with Crippen LogP contribution in [0.2, 0.25) is 0 Å². The first kappa shape index (κ1) is 25.8. The number of nitrogens with zero attached hydrogens (tertiary/aromatic N) is 3. The Labute approximate surface area is 176 Å². The van der Waals surface area contributed by atoms with Crippen LogP contribution in [0.15, 0.2) is 4.99 Å². The highest BCUT2D eigenvalue weighted by Gasteiger charge is 2.28. The molecular formula is C16H36IN5O3S. The van der Waals surface area contributed by atoms with E-state index >= 15 is 0 Å². The lowest BCUT2D eigenvalue weighted by Crippen LogP contribution is -2.56. The molecule has 1 rings (SSSR count). The quantitative estimate of drug-likeness (QED) is 0.206. The van der Waals surface area contributed by atoms with Crippen molar-refractivity contribution in [3.05, 3.63) is 0 Å². The van der Waals surface area contributed by atoms with E-state index < -0.39 is 10.0 Å². The summed E-state index contributed by atoms with van der Waals surface area (Å²) in [5.41, 5.74) is 0.0107. The predicted octanol–water partition coefficient (Wildman–Crippen LogP) is 0.552. The second kappa shape index (κ2) is 12.3. The van der Waals surface area contributed by atoms with E-state index in [0.29, 0.717) is 13.1 Å². The van der Waals surface area contributed by atoms with Gasteiger partial charge in [-0.25, -0.2) is 12.7 Å². The molecule has 0 amide bonds. The Morgan fingerprint density at radius 2 is 1.88 bits per heavy atom. The summed E-state index contributed by atoms with van der Waals surface area (Å²) >= 11 is 0. The highest BCUT2D eigenvalue weighted by Crippen LogP contribution is 2.14. The van der Waals surface area contributed by atoms with Gasteiger partial charge in [0, 0.05) is 52.4 Å². The molecule has 26 heavy (non-hydrogen) atoms. The van der Waals surface area contributed by atoms with Crippen molar-refractivity contribution in [3.8, 4) is 0 Å². The lowest BCUT2D eigenvalue weighted by molar-refractivity contribution is -0.00833. The second-order valence-electron chi connectivity index (χ2n) is 6.84. The van der Waals surface area contributed by atoms with E-state index in [0.717, 1.165) is 45.2 Å². The summed E-state index contributed by atoms with van der Waals surface area (Å²) in [6, 6.07) is 0. The molecule has 0 spiro atoms. The van der Waals surface area contributed by atoms with Crippen LogP contribution in [0.25, 0.3) is 0 Å². The SMILES string of the molecule is CCS(=O)(=O)N(C)CCCNC(=NC)NCC(C)(C)N1CCOCC1.I. The molecule has 10 heteroatoms. The molecule has 156 valence electrons. The summed E-state index contributed by atoms with van der Waals surface area (Å²) in [6.45, 7) is 11.5. The Bertz CT molecular complexity index is 522. The molecule has 1 aliphatic rings. The van der Waals surface area contributed by atoms with E-state index in [1.165, 1.54) is 4.31 Å². The monoisotopic (exact) mass is 505 g/mol. The van der Waals surface area contributed by atoms with Crippen molar-refractivity contribution in [1.29, 1.82) is 0 Å². The maximum Gasteiger partial charge on any atom is 0.213 e. The van der Waals surface area contributed by atoms with E-state index in [9.17, 15) is 8.42 Å². The molecule has 1 saturated heterocycles. The summed E-state index contributed by atoms with van der Waals surface area (Å²) in [6.07, 6.45) is 0.725. The largest absolute Gasteiger partial charge is 0.379 e. The van der Waals surface area contributed by atoms with Crippen LogP contribution < -0.4 is 10.6 Å². The molecule has 8 nitrogen and oxygen atoms in total. The van der Waals surface area contributed by atoms with Crippen LogP contribution in [-0.4, -0.2) is 94.9 Å². The van der Waals surface area contributed by atoms with E-state index in [2.05, 4.69) is 34.4 Å². The molecule has 0 unspecified atom stereocenters. The molecule has 0 saturated carbocycles. The van der Waals surface area contributed by atoms with Crippen LogP contribution in [0.1, 0.15) is 27.2 Å². The van der Waals surface area contributed by atoms with Crippen LogP contribution in [0.4, 0.5) is 0 Å². The minimum absolute atomic E-state index is 0. The normalized spacial score (nSPS) is 17.1. The first-order chi connectivity index (χ1) is 11.7. The van der Waals surface area contributed by atoms with Crippen molar-refractivity contribution >= 4 is 40.0 Å². The number of aliphatic imine (C=N–C) groups is 1. The Hall–Kier alpha value is -0.170. The lowest BCUT2D eigenvalue weighted by Gasteiger charge is -2.41. The minimum Gasteiger partial charge on any atom is -0.379 e. The molecule has 0 bridgehead atoms. The number of hydrogen-bond acceptors (Lipinski definition) is 5. The highest BCUT2D eigenvalue weighted by molar-refractivity contribution is 14.0. The first-order valence-electron chi connectivity index (χ1n) is 8.94. The fourth-order valence-electron chi connectivity index (χ4n) is 2.67. The molecule has 1 fully saturated rings. The molecular weight excluding hydrogens is 469 g/mol. The lowest BCUT2D eigenvalue weighted by atomic mass is 10.0. The average molecular weight is 505 g/mol. The molecule has 0 atom stereocenters. The summed E-state index contributed by atoms with van der Waals surface area (Å²) < 4.78 is 30.2. The van der Waals surface area contributed by atoms with Gasteiger partial charge in [-0.05, 0) is 27.2 Å². The van der Waals surface area contributed by atoms with Gasteiger partial charge in [0.2, 0.25) is 10.0 Å². The van der Waals surface area contributed by atoms with Crippen LogP contribution in [0, 0.1) is 0 Å². The van der Waals surface area contributed by atoms with Crippen molar-refractivity contribution < 1.29 is 13.2 Å². The summed E-state index contributed by atoms with van der Waals surface area (Å²) in [7, 11) is 0.260. The zero-order valence-electron chi connectivity index (χ0n) is 16.7. The van der Waals surface area contributed by atoms with Gasteiger partial charge in [0.25, 0.3) is 0 Å². The molecule has 1 heterocycles. The number of halogens is 1. The first-order valence-corrected chi connectivity index (χ1v) is 10.5. The van der Waals surface area contributed by atoms with Gasteiger partial charge < -0.3 is 15.4 Å². The maximum atomic E-state index is 11.7. The fraction of sp³-hybridized carbons (Fsp3) is 0.938. The van der Waals surface area contributed by atoms with Crippen LogP contribution in [0.5, 0.6) is 0 Å². The highest BCUT2D eigenvalue weighted by atomic mass is 127. The van der Waals surface area contributed by atoms with Crippen molar-refractivity contribution in [2.75, 3.05) is 65.8 Å². The van der Waals surface area contributed by atoms with Crippen molar-refractivity contribution in [1.82, 2.24) is 19.8 Å². The van der Waals surface area contributed by atoms with Gasteiger partial charge in [0.15, 0.2) is 5.96 Å². The Balaban J connectivity index is 0.00000625. The van der Waals surface area contributed by atoms with E-state index in [4.69, 9.17) is 4.74 Å². The Kier molecular flexibility index (Phi) is 12.2. The van der Waals surface area contributed by atoms with Gasteiger partial charge in [-0.15, -0.1) is 24.0 Å². The molecule has 0 aliphatic carbocycles. The Morgan fingerprint density at radius 3 is 2.42 bits per heavy atom. The summed E-state index contributed by atoms with van der Waals surface area (Å²) in [5, 5.41) is 6.61. The van der Waals surface area contributed by atoms with Gasteiger partial charge in [0.1, 0.15) is 0 Å². The number of hydrogen-bond donors (Lipinski definition) is 2. The van der Waals surface area contributed by atoms with Crippen molar-refractivity contribution in [3.63, 3.8) is 0 Å². The van der Waals surface area contributed by atoms with Crippen LogP contribution >= 0.6 is 24.0 Å². The van der Waals surface area contributed by atoms with Gasteiger partial charge in [-0.3, -0.25) is 9.89 Å². The van der Waals surface area contributed by atoms with Crippen LogP contribution in [-0.2, 0) is 14.8 Å². The third-order valence-corrected chi connectivity index (χ3v) is 6.42. The summed E-state index contributed by atoms with van der Waals surface area (Å²) in [5.74, 6) is 0.874. The van der Waals surface area contributed by atoms with E-state index in [1.807, 2.05) is 0 Å². The maximum absolute atomic E-state index is 11.7. The van der Waals surface area contributed by atoms with Gasteiger partial charge in [-0.2, -0.15) is 0 Å². The number of sulfonamides is 1. The second-order valence-corrected chi connectivity index (χ2v) is 9.20. The number of guanidine groups is 1.